The normalized spacial score (nSPS) is 19.2. The van der Waals surface area contributed by atoms with Gasteiger partial charge in [0.05, 0.1) is 11.7 Å². The zero-order chi connectivity index (χ0) is 18.2. The van der Waals surface area contributed by atoms with Crippen LogP contribution in [0.2, 0.25) is 0 Å². The van der Waals surface area contributed by atoms with Gasteiger partial charge in [-0.15, -0.1) is 0 Å². The molecule has 0 aromatic carbocycles. The van der Waals surface area contributed by atoms with E-state index >= 15 is 0 Å². The summed E-state index contributed by atoms with van der Waals surface area (Å²) in [4.78, 5) is 25.9. The van der Waals surface area contributed by atoms with Gasteiger partial charge in [-0.25, -0.2) is 9.97 Å². The molecule has 3 rings (SSSR count). The number of fused-ring (bicyclic) bond motifs is 1. The Kier molecular flexibility index (Phi) is 4.35. The van der Waals surface area contributed by atoms with Crippen molar-refractivity contribution in [3.05, 3.63) is 42.0 Å². The van der Waals surface area contributed by atoms with Crippen molar-refractivity contribution in [2.45, 2.75) is 53.5 Å². The Morgan fingerprint density at radius 1 is 1.24 bits per heavy atom. The fourth-order valence-electron chi connectivity index (χ4n) is 3.19. The second-order valence-electron chi connectivity index (χ2n) is 8.65. The summed E-state index contributed by atoms with van der Waals surface area (Å²) in [6.07, 6.45) is 7.13. The number of nitrogens with zero attached hydrogens (tertiary/aromatic N) is 3. The molecule has 0 unspecified atom stereocenters. The SMILES string of the molecule is CC1(C)Cc2nc(-c3ccncc3)ncc2[C@@H](NC(=O)C(C)(C)C)C1. The third-order valence-electron chi connectivity index (χ3n) is 4.60. The Labute approximate surface area is 149 Å². The predicted molar refractivity (Wildman–Crippen MR) is 97.7 cm³/mol. The van der Waals surface area contributed by atoms with Gasteiger partial charge in [0.15, 0.2) is 5.82 Å². The molecule has 5 heteroatoms. The fraction of sp³-hybridized carbons (Fsp3) is 0.500. The van der Waals surface area contributed by atoms with Crippen LogP contribution >= 0.6 is 0 Å². The maximum Gasteiger partial charge on any atom is 0.225 e. The van der Waals surface area contributed by atoms with Crippen LogP contribution in [0, 0.1) is 10.8 Å². The number of hydrogen-bond acceptors (Lipinski definition) is 4. The van der Waals surface area contributed by atoms with E-state index in [0.717, 1.165) is 29.7 Å². The van der Waals surface area contributed by atoms with E-state index in [2.05, 4.69) is 29.1 Å². The molecule has 1 atom stereocenters. The van der Waals surface area contributed by atoms with Crippen LogP contribution in [0.25, 0.3) is 11.4 Å². The number of pyridine rings is 1. The monoisotopic (exact) mass is 338 g/mol. The van der Waals surface area contributed by atoms with Crippen LogP contribution in [0.3, 0.4) is 0 Å². The maximum atomic E-state index is 12.5. The third-order valence-corrected chi connectivity index (χ3v) is 4.60. The fourth-order valence-corrected chi connectivity index (χ4v) is 3.19. The summed E-state index contributed by atoms with van der Waals surface area (Å²) in [5.74, 6) is 0.763. The molecule has 0 aliphatic heterocycles. The van der Waals surface area contributed by atoms with Gasteiger partial charge in [-0.05, 0) is 30.4 Å². The summed E-state index contributed by atoms with van der Waals surface area (Å²) >= 11 is 0. The van der Waals surface area contributed by atoms with Crippen molar-refractivity contribution < 1.29 is 4.79 Å². The van der Waals surface area contributed by atoms with Crippen molar-refractivity contribution in [3.63, 3.8) is 0 Å². The minimum Gasteiger partial charge on any atom is -0.349 e. The quantitative estimate of drug-likeness (QED) is 0.906. The smallest absolute Gasteiger partial charge is 0.225 e. The number of aromatic nitrogens is 3. The lowest BCUT2D eigenvalue weighted by Gasteiger charge is -2.37. The zero-order valence-electron chi connectivity index (χ0n) is 15.6. The van der Waals surface area contributed by atoms with E-state index in [9.17, 15) is 4.79 Å². The lowest BCUT2D eigenvalue weighted by atomic mass is 9.74. The van der Waals surface area contributed by atoms with Gasteiger partial charge in [0.2, 0.25) is 5.91 Å². The van der Waals surface area contributed by atoms with Crippen LogP contribution in [-0.4, -0.2) is 20.9 Å². The number of rotatable bonds is 2. The van der Waals surface area contributed by atoms with Crippen molar-refractivity contribution in [3.8, 4) is 11.4 Å². The Morgan fingerprint density at radius 3 is 2.56 bits per heavy atom. The van der Waals surface area contributed by atoms with Crippen LogP contribution in [-0.2, 0) is 11.2 Å². The van der Waals surface area contributed by atoms with Crippen molar-refractivity contribution in [1.82, 2.24) is 20.3 Å². The minimum atomic E-state index is -0.417. The van der Waals surface area contributed by atoms with E-state index in [1.54, 1.807) is 12.4 Å². The molecule has 0 saturated carbocycles. The molecule has 0 bridgehead atoms. The van der Waals surface area contributed by atoms with E-state index in [1.165, 1.54) is 0 Å². The highest BCUT2D eigenvalue weighted by Crippen LogP contribution is 2.40. The van der Waals surface area contributed by atoms with Crippen LogP contribution in [0.1, 0.15) is 58.3 Å². The van der Waals surface area contributed by atoms with Crippen LogP contribution < -0.4 is 5.32 Å². The highest BCUT2D eigenvalue weighted by Gasteiger charge is 2.36. The summed E-state index contributed by atoms with van der Waals surface area (Å²) in [6, 6.07) is 3.78. The minimum absolute atomic E-state index is 0.0445. The van der Waals surface area contributed by atoms with E-state index in [0.29, 0.717) is 5.82 Å². The van der Waals surface area contributed by atoms with Crippen molar-refractivity contribution >= 4 is 5.91 Å². The van der Waals surface area contributed by atoms with E-state index in [-0.39, 0.29) is 17.4 Å². The number of nitrogens with one attached hydrogen (secondary N) is 1. The standard InChI is InChI=1S/C20H26N4O/c1-19(2,3)18(25)24-16-11-20(4,5)10-15-14(16)12-22-17(23-15)13-6-8-21-9-7-13/h6-9,12,16H,10-11H2,1-5H3,(H,24,25)/t16-/m0/s1. The van der Waals surface area contributed by atoms with Gasteiger partial charge in [0.1, 0.15) is 0 Å². The van der Waals surface area contributed by atoms with Crippen LogP contribution in [0.5, 0.6) is 0 Å². The topological polar surface area (TPSA) is 67.8 Å². The first-order chi connectivity index (χ1) is 11.7. The molecule has 1 aliphatic carbocycles. The highest BCUT2D eigenvalue weighted by atomic mass is 16.2. The van der Waals surface area contributed by atoms with Gasteiger partial charge < -0.3 is 5.32 Å². The lowest BCUT2D eigenvalue weighted by Crippen LogP contribution is -2.41. The summed E-state index contributed by atoms with van der Waals surface area (Å²) in [6.45, 7) is 10.2. The Hall–Kier alpha value is -2.30. The molecule has 0 fully saturated rings. The Morgan fingerprint density at radius 2 is 1.92 bits per heavy atom. The second kappa shape index (κ2) is 6.21. The van der Waals surface area contributed by atoms with Crippen molar-refractivity contribution in [2.24, 2.45) is 10.8 Å². The van der Waals surface area contributed by atoms with Crippen molar-refractivity contribution in [1.29, 1.82) is 0 Å². The Bertz CT molecular complexity index is 778. The molecular formula is C20H26N4O. The molecule has 1 amide bonds. The first-order valence-corrected chi connectivity index (χ1v) is 8.73. The summed E-state index contributed by atoms with van der Waals surface area (Å²) in [7, 11) is 0. The van der Waals surface area contributed by atoms with Gasteiger partial charge >= 0.3 is 0 Å². The first kappa shape index (κ1) is 17.5. The zero-order valence-corrected chi connectivity index (χ0v) is 15.6. The average Bonchev–Trinajstić information content (AvgIpc) is 2.53. The molecule has 0 radical (unpaired) electrons. The molecule has 0 saturated heterocycles. The van der Waals surface area contributed by atoms with Gasteiger partial charge in [0.25, 0.3) is 0 Å². The molecule has 2 aromatic rings. The van der Waals surface area contributed by atoms with E-state index < -0.39 is 5.41 Å². The molecule has 2 heterocycles. The highest BCUT2D eigenvalue weighted by molar-refractivity contribution is 5.81. The predicted octanol–water partition coefficient (Wildman–Crippen LogP) is 3.71. The average molecular weight is 338 g/mol. The largest absolute Gasteiger partial charge is 0.349 e. The van der Waals surface area contributed by atoms with Gasteiger partial charge in [-0.1, -0.05) is 34.6 Å². The molecule has 25 heavy (non-hydrogen) atoms. The van der Waals surface area contributed by atoms with E-state index in [4.69, 9.17) is 4.98 Å². The molecule has 1 N–H and O–H groups in total. The van der Waals surface area contributed by atoms with Crippen molar-refractivity contribution in [2.75, 3.05) is 0 Å². The molecular weight excluding hydrogens is 312 g/mol. The summed E-state index contributed by atoms with van der Waals surface area (Å²) < 4.78 is 0. The maximum absolute atomic E-state index is 12.5. The van der Waals surface area contributed by atoms with Gasteiger partial charge in [0, 0.05) is 35.1 Å². The number of hydrogen-bond donors (Lipinski definition) is 1. The molecule has 0 spiro atoms. The lowest BCUT2D eigenvalue weighted by molar-refractivity contribution is -0.129. The number of amides is 1. The molecule has 1 aliphatic rings. The summed E-state index contributed by atoms with van der Waals surface area (Å²) in [5, 5.41) is 3.20. The van der Waals surface area contributed by atoms with Crippen LogP contribution in [0.15, 0.2) is 30.7 Å². The van der Waals surface area contributed by atoms with Crippen LogP contribution in [0.4, 0.5) is 0 Å². The third kappa shape index (κ3) is 3.86. The molecule has 132 valence electrons. The number of carbonyl (C=O) groups is 1. The first-order valence-electron chi connectivity index (χ1n) is 8.73. The Balaban J connectivity index is 1.96. The number of carbonyl (C=O) groups excluding carboxylic acids is 1. The molecule has 2 aromatic heterocycles. The van der Waals surface area contributed by atoms with Gasteiger partial charge in [-0.2, -0.15) is 0 Å². The second-order valence-corrected chi connectivity index (χ2v) is 8.65. The molecule has 5 nitrogen and oxygen atoms in total. The van der Waals surface area contributed by atoms with E-state index in [1.807, 2.05) is 39.1 Å². The van der Waals surface area contributed by atoms with Gasteiger partial charge in [-0.3, -0.25) is 9.78 Å². The summed E-state index contributed by atoms with van der Waals surface area (Å²) in [5.41, 5.74) is 2.68.